The van der Waals surface area contributed by atoms with Gasteiger partial charge in [-0.05, 0) is 37.2 Å². The van der Waals surface area contributed by atoms with Crippen molar-refractivity contribution in [2.75, 3.05) is 13.2 Å². The number of hydrogen-bond acceptors (Lipinski definition) is 3. The van der Waals surface area contributed by atoms with Crippen molar-refractivity contribution in [3.8, 4) is 0 Å². The van der Waals surface area contributed by atoms with E-state index in [2.05, 4.69) is 12.1 Å². The number of aldehydes is 1. The lowest BCUT2D eigenvalue weighted by molar-refractivity contribution is -0.163. The van der Waals surface area contributed by atoms with Gasteiger partial charge in [0.15, 0.2) is 6.29 Å². The summed E-state index contributed by atoms with van der Waals surface area (Å²) < 4.78 is 11.3. The van der Waals surface area contributed by atoms with Gasteiger partial charge in [-0.15, -0.1) is 0 Å². The molecule has 1 aromatic rings. The molecule has 2 unspecified atom stereocenters. The maximum Gasteiger partial charge on any atom is 0.157 e. The molecule has 3 heteroatoms. The Labute approximate surface area is 114 Å². The first-order valence-corrected chi connectivity index (χ1v) is 7.12. The van der Waals surface area contributed by atoms with Crippen LogP contribution in [0, 0.1) is 0 Å². The molecule has 0 N–H and O–H groups in total. The van der Waals surface area contributed by atoms with Crippen LogP contribution in [0.2, 0.25) is 0 Å². The summed E-state index contributed by atoms with van der Waals surface area (Å²) in [5.41, 5.74) is 1.21. The summed E-state index contributed by atoms with van der Waals surface area (Å²) in [4.78, 5) is 10.8. The fourth-order valence-corrected chi connectivity index (χ4v) is 2.45. The molecule has 0 spiro atoms. The van der Waals surface area contributed by atoms with E-state index in [0.29, 0.717) is 13.0 Å². The highest BCUT2D eigenvalue weighted by atomic mass is 16.7. The zero-order chi connectivity index (χ0) is 13.3. The van der Waals surface area contributed by atoms with Crippen molar-refractivity contribution in [3.05, 3.63) is 35.9 Å². The van der Waals surface area contributed by atoms with Crippen LogP contribution in [0.5, 0.6) is 0 Å². The van der Waals surface area contributed by atoms with Gasteiger partial charge in [-0.1, -0.05) is 30.3 Å². The maximum absolute atomic E-state index is 10.8. The van der Waals surface area contributed by atoms with Gasteiger partial charge in [-0.25, -0.2) is 0 Å². The molecule has 2 rings (SSSR count). The molecule has 2 atom stereocenters. The Morgan fingerprint density at radius 1 is 1.32 bits per heavy atom. The first-order valence-electron chi connectivity index (χ1n) is 7.12. The van der Waals surface area contributed by atoms with E-state index in [-0.39, 0.29) is 12.2 Å². The average Bonchev–Trinajstić information content (AvgIpc) is 2.48. The molecular formula is C16H22O3. The predicted octanol–water partition coefficient (Wildman–Crippen LogP) is 3.29. The lowest BCUT2D eigenvalue weighted by Crippen LogP contribution is -2.23. The molecule has 0 radical (unpaired) electrons. The first kappa shape index (κ1) is 14.2. The van der Waals surface area contributed by atoms with Gasteiger partial charge < -0.3 is 14.3 Å². The molecule has 1 heterocycles. The van der Waals surface area contributed by atoms with Gasteiger partial charge in [0, 0.05) is 13.0 Å². The van der Waals surface area contributed by atoms with E-state index in [0.717, 1.165) is 32.2 Å². The fourth-order valence-electron chi connectivity index (χ4n) is 2.45. The monoisotopic (exact) mass is 262 g/mol. The maximum atomic E-state index is 10.8. The third kappa shape index (κ3) is 4.77. The van der Waals surface area contributed by atoms with Crippen LogP contribution in [0.25, 0.3) is 0 Å². The minimum Gasteiger partial charge on any atom is -0.353 e. The fraction of sp³-hybridized carbons (Fsp3) is 0.562. The molecule has 1 saturated heterocycles. The van der Waals surface area contributed by atoms with Gasteiger partial charge >= 0.3 is 0 Å². The molecule has 0 amide bonds. The highest BCUT2D eigenvalue weighted by Crippen LogP contribution is 2.23. The summed E-state index contributed by atoms with van der Waals surface area (Å²) in [5, 5.41) is 0. The summed E-state index contributed by atoms with van der Waals surface area (Å²) in [6.07, 6.45) is 5.68. The summed E-state index contributed by atoms with van der Waals surface area (Å²) in [6, 6.07) is 10.2. The van der Waals surface area contributed by atoms with Gasteiger partial charge in [0.25, 0.3) is 0 Å². The van der Waals surface area contributed by atoms with Gasteiger partial charge in [-0.2, -0.15) is 0 Å². The molecular weight excluding hydrogens is 240 g/mol. The van der Waals surface area contributed by atoms with E-state index >= 15 is 0 Å². The Morgan fingerprint density at radius 2 is 2.16 bits per heavy atom. The van der Waals surface area contributed by atoms with Crippen LogP contribution in [0.15, 0.2) is 30.3 Å². The highest BCUT2D eigenvalue weighted by molar-refractivity contribution is 5.51. The zero-order valence-electron chi connectivity index (χ0n) is 11.3. The van der Waals surface area contributed by atoms with Gasteiger partial charge in [-0.3, -0.25) is 0 Å². The van der Waals surface area contributed by atoms with Crippen molar-refractivity contribution in [3.63, 3.8) is 0 Å². The van der Waals surface area contributed by atoms with Crippen molar-refractivity contribution >= 4 is 6.29 Å². The smallest absolute Gasteiger partial charge is 0.157 e. The molecule has 104 valence electrons. The van der Waals surface area contributed by atoms with Crippen LogP contribution in [0.4, 0.5) is 0 Å². The second-order valence-electron chi connectivity index (χ2n) is 4.97. The Kier molecular flexibility index (Phi) is 6.05. The van der Waals surface area contributed by atoms with Crippen LogP contribution < -0.4 is 0 Å². The number of hydrogen-bond donors (Lipinski definition) is 0. The minimum atomic E-state index is -0.0404. The third-order valence-electron chi connectivity index (χ3n) is 3.56. The first-order chi connectivity index (χ1) is 9.40. The largest absolute Gasteiger partial charge is 0.353 e. The molecule has 0 saturated carbocycles. The van der Waals surface area contributed by atoms with Gasteiger partial charge in [0.2, 0.25) is 0 Å². The summed E-state index contributed by atoms with van der Waals surface area (Å²) in [6.45, 7) is 1.46. The topological polar surface area (TPSA) is 35.5 Å². The third-order valence-corrected chi connectivity index (χ3v) is 3.56. The number of benzene rings is 1. The molecule has 1 fully saturated rings. The Morgan fingerprint density at radius 3 is 2.84 bits per heavy atom. The van der Waals surface area contributed by atoms with Crippen molar-refractivity contribution < 1.29 is 14.3 Å². The minimum absolute atomic E-state index is 0.0404. The van der Waals surface area contributed by atoms with Crippen molar-refractivity contribution in [2.24, 2.45) is 0 Å². The highest BCUT2D eigenvalue weighted by Gasteiger charge is 2.16. The summed E-state index contributed by atoms with van der Waals surface area (Å²) >= 11 is 0. The number of carbonyl (C=O) groups excluding carboxylic acids is 1. The van der Waals surface area contributed by atoms with Crippen LogP contribution >= 0.6 is 0 Å². The summed E-state index contributed by atoms with van der Waals surface area (Å²) in [5.74, 6) is 0.252. The standard InChI is InChI=1S/C16H22O3/c17-11-9-15(14-6-2-1-3-7-14)10-13-19-16-8-4-5-12-18-16/h1-3,6-7,11,15-16H,4-5,8-10,12-13H2. The zero-order valence-corrected chi connectivity index (χ0v) is 11.3. The molecule has 1 aliphatic heterocycles. The molecule has 0 aromatic heterocycles. The molecule has 0 bridgehead atoms. The summed E-state index contributed by atoms with van der Waals surface area (Å²) in [7, 11) is 0. The SMILES string of the molecule is O=CCC(CCOC1CCCCO1)c1ccccc1. The lowest BCUT2D eigenvalue weighted by Gasteiger charge is -2.23. The van der Waals surface area contributed by atoms with Crippen LogP contribution in [0.1, 0.15) is 43.6 Å². The van der Waals surface area contributed by atoms with Crippen molar-refractivity contribution in [1.29, 1.82) is 0 Å². The molecule has 0 aliphatic carbocycles. The number of carbonyl (C=O) groups is 1. The number of rotatable bonds is 7. The molecule has 3 nitrogen and oxygen atoms in total. The van der Waals surface area contributed by atoms with Gasteiger partial charge in [0.05, 0.1) is 6.61 Å². The van der Waals surface area contributed by atoms with Crippen molar-refractivity contribution in [2.45, 2.75) is 44.3 Å². The van der Waals surface area contributed by atoms with Crippen LogP contribution in [0.3, 0.4) is 0 Å². The Bertz CT molecular complexity index is 358. The quantitative estimate of drug-likeness (QED) is 0.707. The molecule has 1 aliphatic rings. The lowest BCUT2D eigenvalue weighted by atomic mass is 9.93. The number of ether oxygens (including phenoxy) is 2. The Hall–Kier alpha value is -1.19. The molecule has 1 aromatic carbocycles. The van der Waals surface area contributed by atoms with E-state index in [1.54, 1.807) is 0 Å². The normalized spacial score (nSPS) is 20.9. The van der Waals surface area contributed by atoms with Gasteiger partial charge in [0.1, 0.15) is 6.29 Å². The molecule has 19 heavy (non-hydrogen) atoms. The van der Waals surface area contributed by atoms with Crippen LogP contribution in [-0.2, 0) is 14.3 Å². The van der Waals surface area contributed by atoms with E-state index in [1.165, 1.54) is 12.0 Å². The van der Waals surface area contributed by atoms with E-state index in [1.807, 2.05) is 18.2 Å². The second-order valence-corrected chi connectivity index (χ2v) is 4.97. The predicted molar refractivity (Wildman–Crippen MR) is 74.0 cm³/mol. The van der Waals surface area contributed by atoms with Crippen LogP contribution in [-0.4, -0.2) is 25.8 Å². The van der Waals surface area contributed by atoms with E-state index in [9.17, 15) is 4.79 Å². The van der Waals surface area contributed by atoms with E-state index < -0.39 is 0 Å². The Balaban J connectivity index is 1.78. The second kappa shape index (κ2) is 8.08. The average molecular weight is 262 g/mol. The van der Waals surface area contributed by atoms with E-state index in [4.69, 9.17) is 9.47 Å². The van der Waals surface area contributed by atoms with Crippen molar-refractivity contribution in [1.82, 2.24) is 0 Å².